The molecule has 27 heavy (non-hydrogen) atoms. The Hall–Kier alpha value is 0.230. The highest BCUT2D eigenvalue weighted by atomic mass is 127. The van der Waals surface area contributed by atoms with Crippen molar-refractivity contribution < 1.29 is 4.74 Å². The van der Waals surface area contributed by atoms with Crippen LogP contribution in [0.5, 0.6) is 0 Å². The van der Waals surface area contributed by atoms with E-state index in [9.17, 15) is 0 Å². The average Bonchev–Trinajstić information content (AvgIpc) is 3.11. The lowest BCUT2D eigenvalue weighted by Crippen LogP contribution is -2.60. The van der Waals surface area contributed by atoms with E-state index in [2.05, 4.69) is 64.9 Å². The van der Waals surface area contributed by atoms with Crippen molar-refractivity contribution in [2.24, 2.45) is 4.99 Å². The van der Waals surface area contributed by atoms with E-state index >= 15 is 0 Å². The van der Waals surface area contributed by atoms with E-state index in [0.717, 1.165) is 51.9 Å². The number of thioether (sulfide) groups is 1. The summed E-state index contributed by atoms with van der Waals surface area (Å²) in [7, 11) is 1.86. The molecule has 6 nitrogen and oxygen atoms in total. The normalized spacial score (nSPS) is 24.5. The summed E-state index contributed by atoms with van der Waals surface area (Å²) in [6.07, 6.45) is 1.25. The SMILES string of the molecule is CN=C(NCCN(C(C)C)C(C)C)NCC1(N2CCOCC2)CCSC1.I. The van der Waals surface area contributed by atoms with Crippen LogP contribution in [0.15, 0.2) is 4.99 Å². The summed E-state index contributed by atoms with van der Waals surface area (Å²) in [5.74, 6) is 3.37. The summed E-state index contributed by atoms with van der Waals surface area (Å²) in [6.45, 7) is 15.8. The number of hydrogen-bond acceptors (Lipinski definition) is 5. The smallest absolute Gasteiger partial charge is 0.191 e. The topological polar surface area (TPSA) is 52.1 Å². The van der Waals surface area contributed by atoms with Crippen LogP contribution in [0, 0.1) is 0 Å². The van der Waals surface area contributed by atoms with Crippen LogP contribution in [0.2, 0.25) is 0 Å². The van der Waals surface area contributed by atoms with Crippen molar-refractivity contribution in [2.75, 3.05) is 64.5 Å². The maximum Gasteiger partial charge on any atom is 0.191 e. The molecule has 0 spiro atoms. The van der Waals surface area contributed by atoms with Gasteiger partial charge in [-0.25, -0.2) is 0 Å². The molecule has 2 heterocycles. The van der Waals surface area contributed by atoms with Crippen LogP contribution < -0.4 is 10.6 Å². The fourth-order valence-corrected chi connectivity index (χ4v) is 5.50. The first-order valence-corrected chi connectivity index (χ1v) is 11.2. The standard InChI is InChI=1S/C19H39N5OS.HI/c1-16(2)24(17(3)4)8-7-21-18(20-5)22-14-19(6-13-26-15-19)23-9-11-25-12-10-23;/h16-17H,6-15H2,1-5H3,(H2,20,21,22);1H. The van der Waals surface area contributed by atoms with Gasteiger partial charge in [0.1, 0.15) is 0 Å². The molecule has 0 radical (unpaired) electrons. The monoisotopic (exact) mass is 513 g/mol. The van der Waals surface area contributed by atoms with Crippen molar-refractivity contribution in [3.63, 3.8) is 0 Å². The van der Waals surface area contributed by atoms with E-state index in [1.54, 1.807) is 0 Å². The van der Waals surface area contributed by atoms with Crippen LogP contribution in [0.3, 0.4) is 0 Å². The van der Waals surface area contributed by atoms with Crippen LogP contribution in [0.1, 0.15) is 34.1 Å². The van der Waals surface area contributed by atoms with Crippen LogP contribution >= 0.6 is 35.7 Å². The van der Waals surface area contributed by atoms with Gasteiger partial charge in [0, 0.05) is 63.1 Å². The van der Waals surface area contributed by atoms with E-state index in [1.165, 1.54) is 17.9 Å². The summed E-state index contributed by atoms with van der Waals surface area (Å²) in [5, 5.41) is 7.11. The van der Waals surface area contributed by atoms with E-state index in [0.29, 0.717) is 12.1 Å². The van der Waals surface area contributed by atoms with Gasteiger partial charge in [-0.05, 0) is 39.9 Å². The van der Waals surface area contributed by atoms with Gasteiger partial charge in [0.15, 0.2) is 5.96 Å². The van der Waals surface area contributed by atoms with Gasteiger partial charge in [-0.1, -0.05) is 0 Å². The molecule has 0 aromatic heterocycles. The summed E-state index contributed by atoms with van der Waals surface area (Å²) in [6, 6.07) is 1.12. The minimum atomic E-state index is 0. The highest BCUT2D eigenvalue weighted by molar-refractivity contribution is 14.0. The highest BCUT2D eigenvalue weighted by Crippen LogP contribution is 2.33. The number of hydrogen-bond donors (Lipinski definition) is 2. The Morgan fingerprint density at radius 1 is 1.19 bits per heavy atom. The van der Waals surface area contributed by atoms with Crippen LogP contribution in [-0.4, -0.2) is 97.9 Å². The molecule has 0 amide bonds. The molecule has 0 aromatic carbocycles. The first-order valence-electron chi connectivity index (χ1n) is 10.1. The second-order valence-corrected chi connectivity index (χ2v) is 9.01. The van der Waals surface area contributed by atoms with Gasteiger partial charge < -0.3 is 15.4 Å². The number of rotatable bonds is 8. The van der Waals surface area contributed by atoms with Crippen molar-refractivity contribution in [3.8, 4) is 0 Å². The molecule has 8 heteroatoms. The maximum absolute atomic E-state index is 5.56. The fourth-order valence-electron chi connectivity index (χ4n) is 4.02. The second kappa shape index (κ2) is 12.7. The van der Waals surface area contributed by atoms with E-state index < -0.39 is 0 Å². The molecule has 2 rings (SSSR count). The van der Waals surface area contributed by atoms with Crippen molar-refractivity contribution in [1.29, 1.82) is 0 Å². The van der Waals surface area contributed by atoms with Crippen molar-refractivity contribution in [1.82, 2.24) is 20.4 Å². The van der Waals surface area contributed by atoms with Gasteiger partial charge in [0.05, 0.1) is 13.2 Å². The second-order valence-electron chi connectivity index (χ2n) is 7.90. The lowest BCUT2D eigenvalue weighted by atomic mass is 9.95. The van der Waals surface area contributed by atoms with E-state index in [-0.39, 0.29) is 29.5 Å². The molecule has 1 unspecified atom stereocenters. The first-order chi connectivity index (χ1) is 12.5. The number of ether oxygens (including phenoxy) is 1. The summed E-state index contributed by atoms with van der Waals surface area (Å²) in [5.41, 5.74) is 0.244. The van der Waals surface area contributed by atoms with Gasteiger partial charge in [-0.15, -0.1) is 24.0 Å². The minimum absolute atomic E-state index is 0. The molecule has 0 aliphatic carbocycles. The molecule has 0 saturated carbocycles. The number of nitrogens with zero attached hydrogens (tertiary/aromatic N) is 3. The third-order valence-electron chi connectivity index (χ3n) is 5.56. The summed E-state index contributed by atoms with van der Waals surface area (Å²) >= 11 is 2.07. The third kappa shape index (κ3) is 7.53. The minimum Gasteiger partial charge on any atom is -0.379 e. The van der Waals surface area contributed by atoms with Gasteiger partial charge >= 0.3 is 0 Å². The van der Waals surface area contributed by atoms with E-state index in [4.69, 9.17) is 4.74 Å². The Morgan fingerprint density at radius 2 is 1.85 bits per heavy atom. The predicted molar refractivity (Wildman–Crippen MR) is 129 cm³/mol. The Bertz CT molecular complexity index is 430. The largest absolute Gasteiger partial charge is 0.379 e. The van der Waals surface area contributed by atoms with Crippen LogP contribution in [-0.2, 0) is 4.74 Å². The zero-order chi connectivity index (χ0) is 19.0. The summed E-state index contributed by atoms with van der Waals surface area (Å²) < 4.78 is 5.56. The van der Waals surface area contributed by atoms with Gasteiger partial charge in [0.25, 0.3) is 0 Å². The molecule has 160 valence electrons. The fraction of sp³-hybridized carbons (Fsp3) is 0.947. The first kappa shape index (κ1) is 25.3. The maximum atomic E-state index is 5.56. The number of aliphatic imine (C=N–C) groups is 1. The van der Waals surface area contributed by atoms with Crippen LogP contribution in [0.4, 0.5) is 0 Å². The molecule has 0 bridgehead atoms. The molecule has 1 atom stereocenters. The van der Waals surface area contributed by atoms with Gasteiger partial charge in [-0.2, -0.15) is 11.8 Å². The van der Waals surface area contributed by atoms with Crippen molar-refractivity contribution in [3.05, 3.63) is 0 Å². The summed E-state index contributed by atoms with van der Waals surface area (Å²) in [4.78, 5) is 9.58. The predicted octanol–water partition coefficient (Wildman–Crippen LogP) is 2.10. The number of morpholine rings is 1. The Labute approximate surface area is 187 Å². The Balaban J connectivity index is 0.00000364. The molecular weight excluding hydrogens is 473 g/mol. The van der Waals surface area contributed by atoms with E-state index in [1.807, 2.05) is 7.05 Å². The van der Waals surface area contributed by atoms with Crippen molar-refractivity contribution in [2.45, 2.75) is 51.7 Å². The van der Waals surface area contributed by atoms with Gasteiger partial charge in [0.2, 0.25) is 0 Å². The molecule has 0 aromatic rings. The zero-order valence-electron chi connectivity index (χ0n) is 17.8. The van der Waals surface area contributed by atoms with Gasteiger partial charge in [-0.3, -0.25) is 14.8 Å². The highest BCUT2D eigenvalue weighted by Gasteiger charge is 2.40. The molecule has 2 saturated heterocycles. The number of nitrogens with one attached hydrogen (secondary N) is 2. The molecule has 2 fully saturated rings. The molecular formula is C19H40IN5OS. The quantitative estimate of drug-likeness (QED) is 0.295. The molecule has 2 aliphatic heterocycles. The van der Waals surface area contributed by atoms with Crippen LogP contribution in [0.25, 0.3) is 0 Å². The Morgan fingerprint density at radius 3 is 2.37 bits per heavy atom. The number of guanidine groups is 1. The molecule has 2 aliphatic rings. The lowest BCUT2D eigenvalue weighted by Gasteiger charge is -2.43. The van der Waals surface area contributed by atoms with Crippen molar-refractivity contribution >= 4 is 41.7 Å². The zero-order valence-corrected chi connectivity index (χ0v) is 20.9. The third-order valence-corrected chi connectivity index (χ3v) is 6.80. The number of halogens is 1. The molecule has 2 N–H and O–H groups in total. The lowest BCUT2D eigenvalue weighted by molar-refractivity contribution is -0.0120. The average molecular weight is 514 g/mol. The Kier molecular flexibility index (Phi) is 11.9.